The summed E-state index contributed by atoms with van der Waals surface area (Å²) in [6.45, 7) is 4.37. The summed E-state index contributed by atoms with van der Waals surface area (Å²) in [7, 11) is 0. The summed E-state index contributed by atoms with van der Waals surface area (Å²) in [6.07, 6.45) is 0. The van der Waals surface area contributed by atoms with Crippen LogP contribution in [0.1, 0.15) is 11.1 Å². The van der Waals surface area contributed by atoms with Crippen LogP contribution in [0.4, 0.5) is 0 Å². The summed E-state index contributed by atoms with van der Waals surface area (Å²) in [5, 5.41) is 0. The molecule has 1 radical (unpaired) electrons. The minimum absolute atomic E-state index is 0.334. The molecule has 0 saturated carbocycles. The van der Waals surface area contributed by atoms with Crippen LogP contribution in [0.15, 0.2) is 36.4 Å². The number of benzene rings is 2. The molecule has 0 N–H and O–H groups in total. The van der Waals surface area contributed by atoms with Crippen LogP contribution in [-0.4, -0.2) is 0 Å². The Bertz CT molecular complexity index is 492. The Morgan fingerprint density at radius 1 is 0.733 bits per heavy atom. The molecule has 0 fully saturated rings. The van der Waals surface area contributed by atoms with Gasteiger partial charge in [-0.2, -0.15) is 0 Å². The van der Waals surface area contributed by atoms with Crippen LogP contribution in [0.3, 0.4) is 0 Å². The first-order valence-electron chi connectivity index (χ1n) is 5.10. The Morgan fingerprint density at radius 3 is 1.67 bits per heavy atom. The molecule has 0 unspecified atom stereocenters. The van der Waals surface area contributed by atoms with Gasteiger partial charge >= 0.3 is 102 Å². The van der Waals surface area contributed by atoms with Gasteiger partial charge < -0.3 is 0 Å². The Hall–Kier alpha value is -0.677. The van der Waals surface area contributed by atoms with Gasteiger partial charge in [0.25, 0.3) is 0 Å². The summed E-state index contributed by atoms with van der Waals surface area (Å²) in [4.78, 5) is 0. The molecule has 15 heavy (non-hydrogen) atoms. The fourth-order valence-electron chi connectivity index (χ4n) is 1.94. The van der Waals surface area contributed by atoms with Gasteiger partial charge in [0.1, 0.15) is 0 Å². The molecular formula is C14H12At. The first-order valence-corrected chi connectivity index (χ1v) is 8.04. The van der Waals surface area contributed by atoms with Gasteiger partial charge in [0.15, 0.2) is 0 Å². The van der Waals surface area contributed by atoms with Crippen molar-refractivity contribution in [2.24, 2.45) is 0 Å². The third-order valence-corrected chi connectivity index (χ3v) is 6.76. The summed E-state index contributed by atoms with van der Waals surface area (Å²) < 4.78 is 3.27. The first-order chi connectivity index (χ1) is 7.24. The van der Waals surface area contributed by atoms with Crippen molar-refractivity contribution in [2.45, 2.75) is 13.8 Å². The Balaban J connectivity index is 2.24. The third kappa shape index (κ3) is 1.54. The summed E-state index contributed by atoms with van der Waals surface area (Å²) in [5.74, 6) is 0. The predicted molar refractivity (Wildman–Crippen MR) is 60.6 cm³/mol. The molecule has 0 spiro atoms. The molecule has 2 aromatic carbocycles. The average molecular weight is 390 g/mol. The van der Waals surface area contributed by atoms with Crippen LogP contribution >= 0.6 is 0 Å². The van der Waals surface area contributed by atoms with E-state index in [1.165, 1.54) is 22.3 Å². The van der Waals surface area contributed by atoms with Gasteiger partial charge in [0.2, 0.25) is 0 Å². The normalized spacial score (nSPS) is 12.4. The van der Waals surface area contributed by atoms with Gasteiger partial charge in [-0.1, -0.05) is 0 Å². The van der Waals surface area contributed by atoms with Crippen molar-refractivity contribution in [2.75, 3.05) is 0 Å². The van der Waals surface area contributed by atoms with Crippen molar-refractivity contribution in [3.63, 3.8) is 0 Å². The standard InChI is InChI=1S/C14H12At/c1-9-3-5-11-12-6-4-10(2)8-14(12)15-13(11)7-9/h3-8H,1-2H3. The molecule has 0 bridgehead atoms. The van der Waals surface area contributed by atoms with Crippen LogP contribution in [-0.2, 0) is 0 Å². The van der Waals surface area contributed by atoms with E-state index in [1.54, 1.807) is 6.54 Å². The molecule has 0 nitrogen and oxygen atoms in total. The van der Waals surface area contributed by atoms with E-state index in [-0.39, 0.29) is 23.2 Å². The monoisotopic (exact) mass is 390 g/mol. The number of aryl methyl sites for hydroxylation is 2. The Labute approximate surface area is 102 Å². The fraction of sp³-hybridized carbons (Fsp3) is 0.143. The van der Waals surface area contributed by atoms with Crippen molar-refractivity contribution in [3.05, 3.63) is 47.5 Å². The van der Waals surface area contributed by atoms with Crippen molar-refractivity contribution in [1.82, 2.24) is 0 Å². The third-order valence-electron chi connectivity index (χ3n) is 2.74. The Morgan fingerprint density at radius 2 is 1.20 bits per heavy atom. The molecule has 0 amide bonds. The molecule has 0 atom stereocenters. The van der Waals surface area contributed by atoms with Gasteiger partial charge in [0.05, 0.1) is 0 Å². The van der Waals surface area contributed by atoms with E-state index >= 15 is 0 Å². The van der Waals surface area contributed by atoms with Crippen molar-refractivity contribution >= 4 is 6.54 Å². The van der Waals surface area contributed by atoms with Gasteiger partial charge in [-0.25, -0.2) is 0 Å². The van der Waals surface area contributed by atoms with Crippen molar-refractivity contribution in [1.29, 1.82) is 0 Å². The number of rotatable bonds is 0. The van der Waals surface area contributed by atoms with Crippen LogP contribution in [0.2, 0.25) is 0 Å². The second-order valence-electron chi connectivity index (χ2n) is 4.06. The zero-order chi connectivity index (χ0) is 10.4. The van der Waals surface area contributed by atoms with E-state index < -0.39 is 0 Å². The molecule has 3 rings (SSSR count). The average Bonchev–Trinajstić information content (AvgIpc) is 2.53. The number of hydrogen-bond donors (Lipinski definition) is 0. The van der Waals surface area contributed by atoms with Crippen LogP contribution in [0.5, 0.6) is 0 Å². The predicted octanol–water partition coefficient (Wildman–Crippen LogP) is 2.32. The van der Waals surface area contributed by atoms with E-state index in [0.29, 0.717) is 0 Å². The summed E-state index contributed by atoms with van der Waals surface area (Å²) in [6, 6.07) is 13.8. The van der Waals surface area contributed by atoms with Crippen LogP contribution in [0, 0.1) is 37.1 Å². The molecule has 0 aromatic heterocycles. The van der Waals surface area contributed by atoms with Crippen molar-refractivity contribution in [3.8, 4) is 11.1 Å². The maximum atomic E-state index is 2.38. The van der Waals surface area contributed by atoms with Gasteiger partial charge in [-0.3, -0.25) is 0 Å². The first kappa shape index (κ1) is 9.54. The zero-order valence-corrected chi connectivity index (χ0v) is 11.8. The van der Waals surface area contributed by atoms with Gasteiger partial charge in [-0.05, 0) is 0 Å². The van der Waals surface area contributed by atoms with E-state index in [2.05, 4.69) is 50.2 Å². The SMILES string of the molecule is Cc1ccc2c(c1)[At]c1cc(C)ccc1-2. The van der Waals surface area contributed by atoms with E-state index in [1.807, 2.05) is 0 Å². The van der Waals surface area contributed by atoms with Crippen molar-refractivity contribution < 1.29 is 23.2 Å². The second-order valence-corrected chi connectivity index (χ2v) is 7.96. The molecule has 1 aliphatic heterocycles. The molecule has 1 heteroatoms. The maximum absolute atomic E-state index is 2.38. The Kier molecular flexibility index (Phi) is 2.18. The van der Waals surface area contributed by atoms with E-state index in [9.17, 15) is 0 Å². The molecule has 2 aromatic rings. The van der Waals surface area contributed by atoms with Gasteiger partial charge in [-0.15, -0.1) is 0 Å². The second kappa shape index (κ2) is 3.42. The molecule has 1 heterocycles. The van der Waals surface area contributed by atoms with Crippen LogP contribution in [0.25, 0.3) is 11.1 Å². The number of fused-ring (bicyclic) bond motifs is 3. The molecule has 1 aliphatic rings. The summed E-state index contributed by atoms with van der Waals surface area (Å²) >= 11 is -0.334. The topological polar surface area (TPSA) is 0 Å². The molecule has 0 aliphatic carbocycles. The minimum atomic E-state index is -0.334. The molecule has 75 valence electrons. The van der Waals surface area contributed by atoms with E-state index in [4.69, 9.17) is 0 Å². The summed E-state index contributed by atoms with van der Waals surface area (Å²) in [5.41, 5.74) is 5.78. The molecule has 0 saturated heterocycles. The molecular weight excluding hydrogens is 378 g/mol. The van der Waals surface area contributed by atoms with Gasteiger partial charge in [0, 0.05) is 0 Å². The zero-order valence-electron chi connectivity index (χ0n) is 8.84. The fourth-order valence-corrected chi connectivity index (χ4v) is 6.63. The van der Waals surface area contributed by atoms with Crippen LogP contribution < -0.4 is 6.54 Å². The van der Waals surface area contributed by atoms with E-state index in [0.717, 1.165) is 0 Å². The number of hydrogen-bond acceptors (Lipinski definition) is 0. The quantitative estimate of drug-likeness (QED) is 0.553.